The normalized spacial score (nSPS) is 28.6. The number of hydrogen-bond donors (Lipinski definition) is 2. The zero-order chi connectivity index (χ0) is 14.0. The van der Waals surface area contributed by atoms with Gasteiger partial charge in [-0.25, -0.2) is 0 Å². The molecule has 1 saturated heterocycles. The van der Waals surface area contributed by atoms with Crippen LogP contribution in [0.4, 0.5) is 0 Å². The fraction of sp³-hybridized carbons (Fsp3) is 0.571. The van der Waals surface area contributed by atoms with Crippen molar-refractivity contribution < 1.29 is 9.84 Å². The van der Waals surface area contributed by atoms with Gasteiger partial charge in [0.05, 0.1) is 16.1 Å². The Labute approximate surface area is 123 Å². The monoisotopic (exact) mass is 303 g/mol. The Morgan fingerprint density at radius 3 is 2.89 bits per heavy atom. The second-order valence-electron chi connectivity index (χ2n) is 5.11. The van der Waals surface area contributed by atoms with Crippen LogP contribution in [0.5, 0.6) is 0 Å². The molecule has 2 rings (SSSR count). The fourth-order valence-corrected chi connectivity index (χ4v) is 2.77. The molecule has 0 aliphatic carbocycles. The van der Waals surface area contributed by atoms with E-state index >= 15 is 0 Å². The highest BCUT2D eigenvalue weighted by atomic mass is 35.5. The summed E-state index contributed by atoms with van der Waals surface area (Å²) in [5.41, 5.74) is 0.128. The maximum absolute atomic E-state index is 10.4. The molecular formula is C14H19Cl2NO2. The van der Waals surface area contributed by atoms with Crippen molar-refractivity contribution in [1.82, 2.24) is 5.32 Å². The van der Waals surface area contributed by atoms with Gasteiger partial charge in [-0.1, -0.05) is 35.3 Å². The van der Waals surface area contributed by atoms with Crippen LogP contribution >= 0.6 is 23.2 Å². The summed E-state index contributed by atoms with van der Waals surface area (Å²) >= 11 is 12.2. The lowest BCUT2D eigenvalue weighted by Gasteiger charge is -2.28. The first-order valence-corrected chi connectivity index (χ1v) is 7.21. The molecule has 3 unspecified atom stereocenters. The van der Waals surface area contributed by atoms with Crippen LogP contribution in [0, 0.1) is 0 Å². The highest BCUT2D eigenvalue weighted by Crippen LogP contribution is 2.31. The first-order chi connectivity index (χ1) is 8.94. The van der Waals surface area contributed by atoms with E-state index in [0.29, 0.717) is 29.6 Å². The van der Waals surface area contributed by atoms with Gasteiger partial charge < -0.3 is 15.2 Å². The summed E-state index contributed by atoms with van der Waals surface area (Å²) in [4.78, 5) is 0. The molecule has 3 atom stereocenters. The minimum Gasteiger partial charge on any atom is -0.386 e. The summed E-state index contributed by atoms with van der Waals surface area (Å²) < 4.78 is 5.41. The molecule has 0 bridgehead atoms. The first kappa shape index (κ1) is 15.1. The van der Waals surface area contributed by atoms with Gasteiger partial charge in [-0.15, -0.1) is 0 Å². The topological polar surface area (TPSA) is 41.5 Å². The lowest BCUT2D eigenvalue weighted by Crippen LogP contribution is -2.46. The van der Waals surface area contributed by atoms with Crippen molar-refractivity contribution in [2.24, 2.45) is 0 Å². The predicted molar refractivity (Wildman–Crippen MR) is 77.9 cm³/mol. The van der Waals surface area contributed by atoms with E-state index in [2.05, 4.69) is 5.32 Å². The van der Waals surface area contributed by atoms with Crippen molar-refractivity contribution in [3.63, 3.8) is 0 Å². The van der Waals surface area contributed by atoms with Crippen molar-refractivity contribution in [2.45, 2.75) is 38.0 Å². The summed E-state index contributed by atoms with van der Waals surface area (Å²) in [5, 5.41) is 14.8. The van der Waals surface area contributed by atoms with Gasteiger partial charge in [0.1, 0.15) is 5.60 Å². The van der Waals surface area contributed by atoms with E-state index in [4.69, 9.17) is 27.9 Å². The zero-order valence-electron chi connectivity index (χ0n) is 11.1. The predicted octanol–water partition coefficient (Wildman–Crippen LogP) is 3.18. The third-order valence-corrected chi connectivity index (χ3v) is 4.66. The van der Waals surface area contributed by atoms with Gasteiger partial charge in [0.15, 0.2) is 0 Å². The Hall–Kier alpha value is -0.320. The molecule has 1 aromatic carbocycles. The summed E-state index contributed by atoms with van der Waals surface area (Å²) in [6.07, 6.45) is 0.499. The second kappa shape index (κ2) is 5.98. The van der Waals surface area contributed by atoms with Gasteiger partial charge in [-0.05, 0) is 25.5 Å². The lowest BCUT2D eigenvalue weighted by atomic mass is 9.96. The van der Waals surface area contributed by atoms with Crippen LogP contribution in [0.3, 0.4) is 0 Å². The summed E-state index contributed by atoms with van der Waals surface area (Å²) in [7, 11) is 0. The number of halogens is 2. The second-order valence-corrected chi connectivity index (χ2v) is 5.90. The van der Waals surface area contributed by atoms with Gasteiger partial charge in [-0.2, -0.15) is 0 Å². The highest BCUT2D eigenvalue weighted by molar-refractivity contribution is 6.42. The average molecular weight is 304 g/mol. The summed E-state index contributed by atoms with van der Waals surface area (Å²) in [6, 6.07) is 5.59. The van der Waals surface area contributed by atoms with Gasteiger partial charge >= 0.3 is 0 Å². The Morgan fingerprint density at radius 1 is 1.53 bits per heavy atom. The van der Waals surface area contributed by atoms with Crippen LogP contribution in [0.2, 0.25) is 10.0 Å². The van der Waals surface area contributed by atoms with E-state index in [1.54, 1.807) is 6.07 Å². The van der Waals surface area contributed by atoms with Gasteiger partial charge in [-0.3, -0.25) is 0 Å². The average Bonchev–Trinajstić information content (AvgIpc) is 2.71. The Morgan fingerprint density at radius 2 is 2.26 bits per heavy atom. The Balaban J connectivity index is 2.01. The molecule has 1 aliphatic rings. The molecule has 1 aromatic rings. The molecule has 3 nitrogen and oxygen atoms in total. The molecule has 19 heavy (non-hydrogen) atoms. The van der Waals surface area contributed by atoms with Crippen molar-refractivity contribution >= 4 is 23.2 Å². The molecule has 0 amide bonds. The van der Waals surface area contributed by atoms with Crippen LogP contribution in [0.15, 0.2) is 18.2 Å². The Kier molecular flexibility index (Phi) is 4.75. The van der Waals surface area contributed by atoms with Crippen molar-refractivity contribution in [2.75, 3.05) is 13.2 Å². The van der Waals surface area contributed by atoms with Crippen LogP contribution in [0.1, 0.15) is 31.9 Å². The minimum absolute atomic E-state index is 0.0167. The molecule has 0 spiro atoms. The fourth-order valence-electron chi connectivity index (χ4n) is 2.30. The molecule has 5 heteroatoms. The number of ether oxygens (including phenoxy) is 1. The van der Waals surface area contributed by atoms with Gasteiger partial charge in [0.2, 0.25) is 0 Å². The minimum atomic E-state index is -0.806. The van der Waals surface area contributed by atoms with Crippen LogP contribution in [-0.2, 0) is 4.74 Å². The number of nitrogens with one attached hydrogen (secondary N) is 1. The third kappa shape index (κ3) is 3.23. The highest BCUT2D eigenvalue weighted by Gasteiger charge is 2.39. The van der Waals surface area contributed by atoms with Crippen LogP contribution in [0.25, 0.3) is 0 Å². The van der Waals surface area contributed by atoms with E-state index in [9.17, 15) is 5.11 Å². The van der Waals surface area contributed by atoms with E-state index in [1.807, 2.05) is 26.0 Å². The molecule has 0 radical (unpaired) electrons. The first-order valence-electron chi connectivity index (χ1n) is 6.45. The summed E-state index contributed by atoms with van der Waals surface area (Å²) in [5.74, 6) is 0. The molecule has 0 aromatic heterocycles. The van der Waals surface area contributed by atoms with E-state index in [-0.39, 0.29) is 12.1 Å². The maximum Gasteiger partial charge on any atom is 0.105 e. The van der Waals surface area contributed by atoms with Crippen molar-refractivity contribution in [3.8, 4) is 0 Å². The number of hydrogen-bond acceptors (Lipinski definition) is 3. The summed E-state index contributed by atoms with van der Waals surface area (Å²) in [6.45, 7) is 4.97. The van der Waals surface area contributed by atoms with E-state index < -0.39 is 5.60 Å². The number of benzene rings is 1. The van der Waals surface area contributed by atoms with Gasteiger partial charge in [0, 0.05) is 25.6 Å². The van der Waals surface area contributed by atoms with E-state index in [0.717, 1.165) is 5.56 Å². The Bertz CT molecular complexity index is 455. The van der Waals surface area contributed by atoms with Gasteiger partial charge in [0.25, 0.3) is 0 Å². The largest absolute Gasteiger partial charge is 0.386 e. The third-order valence-electron chi connectivity index (χ3n) is 3.82. The molecular weight excluding hydrogens is 285 g/mol. The lowest BCUT2D eigenvalue weighted by molar-refractivity contribution is -0.0274. The number of aliphatic hydroxyl groups is 1. The van der Waals surface area contributed by atoms with Crippen LogP contribution in [-0.4, -0.2) is 30.0 Å². The molecule has 0 saturated carbocycles. The quantitative estimate of drug-likeness (QED) is 0.897. The molecule has 2 N–H and O–H groups in total. The standard InChI is InChI=1S/C14H19Cl2NO2/c1-9(11-4-3-5-12(15)13(11)16)17-8-14(18)6-7-19-10(14)2/h3-5,9-10,17-18H,6-8H2,1-2H3. The number of rotatable bonds is 4. The van der Waals surface area contributed by atoms with Crippen molar-refractivity contribution in [3.05, 3.63) is 33.8 Å². The smallest absolute Gasteiger partial charge is 0.105 e. The molecule has 1 aliphatic heterocycles. The van der Waals surface area contributed by atoms with E-state index in [1.165, 1.54) is 0 Å². The SMILES string of the molecule is CC(NCC1(O)CCOC1C)c1cccc(Cl)c1Cl. The molecule has 1 fully saturated rings. The maximum atomic E-state index is 10.4. The zero-order valence-corrected chi connectivity index (χ0v) is 12.6. The van der Waals surface area contributed by atoms with Crippen LogP contribution < -0.4 is 5.32 Å². The molecule has 1 heterocycles. The van der Waals surface area contributed by atoms with Crippen molar-refractivity contribution in [1.29, 1.82) is 0 Å². The molecule has 106 valence electrons.